The van der Waals surface area contributed by atoms with Crippen LogP contribution in [0.5, 0.6) is 0 Å². The van der Waals surface area contributed by atoms with Crippen LogP contribution in [0.3, 0.4) is 0 Å². The largest absolute Gasteiger partial charge is 0.323 e. The van der Waals surface area contributed by atoms with Crippen molar-refractivity contribution in [3.05, 3.63) is 58.3 Å². The molecule has 0 unspecified atom stereocenters. The molecule has 0 bridgehead atoms. The van der Waals surface area contributed by atoms with Crippen LogP contribution < -0.4 is 10.6 Å². The molecule has 1 heterocycles. The zero-order valence-electron chi connectivity index (χ0n) is 14.3. The third-order valence-electron chi connectivity index (χ3n) is 4.35. The van der Waals surface area contributed by atoms with Gasteiger partial charge in [0.2, 0.25) is 11.8 Å². The lowest BCUT2D eigenvalue weighted by Gasteiger charge is -2.23. The lowest BCUT2D eigenvalue weighted by atomic mass is 10.2. The summed E-state index contributed by atoms with van der Waals surface area (Å²) in [6.07, 6.45) is 1.42. The molecule has 2 aromatic carbocycles. The van der Waals surface area contributed by atoms with Gasteiger partial charge >= 0.3 is 0 Å². The Labute approximate surface area is 166 Å². The number of carbonyl (C=O) groups is 2. The van der Waals surface area contributed by atoms with E-state index in [-0.39, 0.29) is 24.0 Å². The number of halogens is 3. The number of nitrogens with zero attached hydrogens (tertiary/aromatic N) is 1. The van der Waals surface area contributed by atoms with Gasteiger partial charge in [0.1, 0.15) is 5.82 Å². The second-order valence-corrected chi connectivity index (χ2v) is 7.11. The van der Waals surface area contributed by atoms with Crippen molar-refractivity contribution in [3.63, 3.8) is 0 Å². The molecule has 27 heavy (non-hydrogen) atoms. The molecule has 0 radical (unpaired) electrons. The summed E-state index contributed by atoms with van der Waals surface area (Å²) in [5.41, 5.74) is 0.587. The van der Waals surface area contributed by atoms with E-state index in [1.54, 1.807) is 35.2 Å². The molecule has 1 aliphatic rings. The van der Waals surface area contributed by atoms with Gasteiger partial charge < -0.3 is 10.6 Å². The zero-order chi connectivity index (χ0) is 19.4. The molecule has 0 saturated carbocycles. The van der Waals surface area contributed by atoms with Crippen LogP contribution >= 0.6 is 23.2 Å². The van der Waals surface area contributed by atoms with Crippen LogP contribution in [0.15, 0.2) is 42.5 Å². The van der Waals surface area contributed by atoms with E-state index < -0.39 is 11.9 Å². The van der Waals surface area contributed by atoms with Gasteiger partial charge in [-0.05, 0) is 49.7 Å². The predicted octanol–water partition coefficient (Wildman–Crippen LogP) is 4.17. The van der Waals surface area contributed by atoms with E-state index in [1.807, 2.05) is 0 Å². The Balaban J connectivity index is 1.61. The maximum Gasteiger partial charge on any atom is 0.241 e. The van der Waals surface area contributed by atoms with Gasteiger partial charge in [-0.15, -0.1) is 0 Å². The van der Waals surface area contributed by atoms with E-state index in [9.17, 15) is 14.0 Å². The molecule has 2 aromatic rings. The van der Waals surface area contributed by atoms with Gasteiger partial charge in [-0.2, -0.15) is 0 Å². The Morgan fingerprint density at radius 2 is 1.89 bits per heavy atom. The minimum atomic E-state index is -0.501. The summed E-state index contributed by atoms with van der Waals surface area (Å²) in [4.78, 5) is 26.6. The summed E-state index contributed by atoms with van der Waals surface area (Å²) >= 11 is 12.0. The predicted molar refractivity (Wildman–Crippen MR) is 105 cm³/mol. The van der Waals surface area contributed by atoms with E-state index in [4.69, 9.17) is 23.2 Å². The molecular formula is C19H18Cl2FN3O2. The van der Waals surface area contributed by atoms with E-state index in [1.165, 1.54) is 12.1 Å². The summed E-state index contributed by atoms with van der Waals surface area (Å²) in [5, 5.41) is 6.14. The van der Waals surface area contributed by atoms with E-state index in [0.29, 0.717) is 28.7 Å². The Bertz CT molecular complexity index is 863. The summed E-state index contributed by atoms with van der Waals surface area (Å²) in [5.74, 6) is -1.11. The van der Waals surface area contributed by atoms with Crippen LogP contribution in [0, 0.1) is 5.82 Å². The highest BCUT2D eigenvalue weighted by Gasteiger charge is 2.32. The Kier molecular flexibility index (Phi) is 6.31. The number of likely N-dealkylation sites (tertiary alicyclic amines) is 1. The number of nitrogens with one attached hydrogen (secondary N) is 2. The zero-order valence-corrected chi connectivity index (χ0v) is 15.9. The van der Waals surface area contributed by atoms with Gasteiger partial charge in [-0.25, -0.2) is 4.39 Å². The van der Waals surface area contributed by atoms with Gasteiger partial charge in [0.15, 0.2) is 0 Å². The minimum absolute atomic E-state index is 0.000765. The van der Waals surface area contributed by atoms with Crippen molar-refractivity contribution in [2.75, 3.05) is 23.7 Å². The number of para-hydroxylation sites is 1. The van der Waals surface area contributed by atoms with E-state index >= 15 is 0 Å². The van der Waals surface area contributed by atoms with Gasteiger partial charge in [0, 0.05) is 5.02 Å². The third-order valence-corrected chi connectivity index (χ3v) is 4.90. The third kappa shape index (κ3) is 4.97. The number of benzene rings is 2. The first-order valence-electron chi connectivity index (χ1n) is 8.48. The molecule has 0 spiro atoms. The maximum atomic E-state index is 13.7. The van der Waals surface area contributed by atoms with Crippen molar-refractivity contribution in [3.8, 4) is 0 Å². The second kappa shape index (κ2) is 8.69. The molecule has 1 atom stereocenters. The number of carbonyl (C=O) groups excluding carboxylic acids is 2. The second-order valence-electron chi connectivity index (χ2n) is 6.27. The summed E-state index contributed by atoms with van der Waals surface area (Å²) in [7, 11) is 0. The van der Waals surface area contributed by atoms with Gasteiger partial charge in [-0.1, -0.05) is 35.3 Å². The van der Waals surface area contributed by atoms with E-state index in [2.05, 4.69) is 10.6 Å². The SMILES string of the molecule is O=C(CN1CCC[C@@H]1C(=O)Nc1ccc(Cl)cc1Cl)Nc1ccccc1F. The quantitative estimate of drug-likeness (QED) is 0.778. The number of rotatable bonds is 5. The van der Waals surface area contributed by atoms with Crippen LogP contribution in [0.1, 0.15) is 12.8 Å². The standard InChI is InChI=1S/C19H18Cl2FN3O2/c20-12-7-8-15(13(21)10-12)24-19(27)17-6-3-9-25(17)11-18(26)23-16-5-2-1-4-14(16)22/h1-2,4-5,7-8,10,17H,3,6,9,11H2,(H,23,26)(H,24,27)/t17-/m1/s1. The Hall–Kier alpha value is -2.15. The van der Waals surface area contributed by atoms with Gasteiger partial charge in [0.25, 0.3) is 0 Å². The van der Waals surface area contributed by atoms with Crippen LogP contribution in [-0.4, -0.2) is 35.8 Å². The van der Waals surface area contributed by atoms with Crippen LogP contribution in [0.2, 0.25) is 10.0 Å². The highest BCUT2D eigenvalue weighted by atomic mass is 35.5. The van der Waals surface area contributed by atoms with Crippen LogP contribution in [0.25, 0.3) is 0 Å². The number of amides is 2. The molecule has 1 fully saturated rings. The summed E-state index contributed by atoms with van der Waals surface area (Å²) in [6.45, 7) is 0.609. The van der Waals surface area contributed by atoms with Crippen molar-refractivity contribution >= 4 is 46.4 Å². The highest BCUT2D eigenvalue weighted by molar-refractivity contribution is 6.36. The highest BCUT2D eigenvalue weighted by Crippen LogP contribution is 2.27. The van der Waals surface area contributed by atoms with Crippen molar-refractivity contribution in [2.24, 2.45) is 0 Å². The maximum absolute atomic E-state index is 13.7. The first-order valence-corrected chi connectivity index (χ1v) is 9.24. The molecule has 0 aromatic heterocycles. The molecule has 8 heteroatoms. The molecule has 142 valence electrons. The lowest BCUT2D eigenvalue weighted by molar-refractivity contribution is -0.122. The fourth-order valence-corrected chi connectivity index (χ4v) is 3.51. The molecule has 3 rings (SSSR count). The Morgan fingerprint density at radius 3 is 2.63 bits per heavy atom. The van der Waals surface area contributed by atoms with Crippen molar-refractivity contribution in [2.45, 2.75) is 18.9 Å². The van der Waals surface area contributed by atoms with Crippen molar-refractivity contribution in [1.29, 1.82) is 0 Å². The number of hydrogen-bond donors (Lipinski definition) is 2. The van der Waals surface area contributed by atoms with Crippen molar-refractivity contribution in [1.82, 2.24) is 4.90 Å². The molecular weight excluding hydrogens is 392 g/mol. The van der Waals surface area contributed by atoms with Gasteiger partial charge in [-0.3, -0.25) is 14.5 Å². The molecule has 1 saturated heterocycles. The number of anilines is 2. The molecule has 1 aliphatic heterocycles. The fraction of sp³-hybridized carbons (Fsp3) is 0.263. The smallest absolute Gasteiger partial charge is 0.241 e. The Morgan fingerprint density at radius 1 is 1.11 bits per heavy atom. The first-order chi connectivity index (χ1) is 12.9. The van der Waals surface area contributed by atoms with Crippen LogP contribution in [-0.2, 0) is 9.59 Å². The number of hydrogen-bond acceptors (Lipinski definition) is 3. The average Bonchev–Trinajstić information content (AvgIpc) is 3.07. The molecule has 0 aliphatic carbocycles. The van der Waals surface area contributed by atoms with E-state index in [0.717, 1.165) is 6.42 Å². The lowest BCUT2D eigenvalue weighted by Crippen LogP contribution is -2.43. The van der Waals surface area contributed by atoms with Gasteiger partial charge in [0.05, 0.1) is 29.0 Å². The summed E-state index contributed by atoms with van der Waals surface area (Å²) < 4.78 is 13.7. The molecule has 2 N–H and O–H groups in total. The topological polar surface area (TPSA) is 61.4 Å². The van der Waals surface area contributed by atoms with Crippen molar-refractivity contribution < 1.29 is 14.0 Å². The normalized spacial score (nSPS) is 16.9. The van der Waals surface area contributed by atoms with Crippen LogP contribution in [0.4, 0.5) is 15.8 Å². The minimum Gasteiger partial charge on any atom is -0.323 e. The first kappa shape index (κ1) is 19.6. The average molecular weight is 410 g/mol. The summed E-state index contributed by atoms with van der Waals surface area (Å²) in [6, 6.07) is 10.3. The monoisotopic (exact) mass is 409 g/mol. The fourth-order valence-electron chi connectivity index (χ4n) is 3.06. The molecule has 5 nitrogen and oxygen atoms in total. The molecule has 2 amide bonds.